The van der Waals surface area contributed by atoms with Gasteiger partial charge in [0.2, 0.25) is 0 Å². The summed E-state index contributed by atoms with van der Waals surface area (Å²) in [6.07, 6.45) is 0. The van der Waals surface area contributed by atoms with E-state index < -0.39 is 0 Å². The molecule has 1 saturated heterocycles. The summed E-state index contributed by atoms with van der Waals surface area (Å²) in [5.74, 6) is 0.402. The molecular weight excluding hydrogens is 168 g/mol. The molecule has 0 amide bonds. The molecule has 1 heterocycles. The van der Waals surface area contributed by atoms with E-state index in [0.29, 0.717) is 12.5 Å². The highest BCUT2D eigenvalue weighted by Gasteiger charge is 2.12. The minimum Gasteiger partial charge on any atom is -0.457 e. The van der Waals surface area contributed by atoms with Crippen molar-refractivity contribution in [3.63, 3.8) is 0 Å². The Kier molecular flexibility index (Phi) is 4.78. The number of ether oxygens (including phenoxy) is 1. The molecule has 13 heavy (non-hydrogen) atoms. The molecule has 0 aliphatic carbocycles. The summed E-state index contributed by atoms with van der Waals surface area (Å²) in [7, 11) is 0. The van der Waals surface area contributed by atoms with Crippen molar-refractivity contribution in [2.75, 3.05) is 39.3 Å². The van der Waals surface area contributed by atoms with Crippen molar-refractivity contribution in [2.24, 2.45) is 5.92 Å². The van der Waals surface area contributed by atoms with Crippen LogP contribution in [0.5, 0.6) is 0 Å². The van der Waals surface area contributed by atoms with E-state index in [1.807, 2.05) is 0 Å². The van der Waals surface area contributed by atoms with Gasteiger partial charge in [0.15, 0.2) is 0 Å². The number of nitrogens with one attached hydrogen (secondary N) is 1. The van der Waals surface area contributed by atoms with Gasteiger partial charge in [0.1, 0.15) is 0 Å². The molecule has 0 aromatic rings. The predicted molar refractivity (Wildman–Crippen MR) is 50.1 cm³/mol. The molecular formula is C9H17N2O2. The van der Waals surface area contributed by atoms with E-state index in [1.54, 1.807) is 0 Å². The average molecular weight is 185 g/mol. The third-order valence-corrected chi connectivity index (χ3v) is 2.21. The predicted octanol–water partition coefficient (Wildman–Crippen LogP) is -0.388. The Labute approximate surface area is 79.2 Å². The van der Waals surface area contributed by atoms with Crippen molar-refractivity contribution in [3.8, 4) is 0 Å². The van der Waals surface area contributed by atoms with Crippen molar-refractivity contribution >= 4 is 6.47 Å². The fourth-order valence-electron chi connectivity index (χ4n) is 1.56. The Morgan fingerprint density at radius 2 is 2.23 bits per heavy atom. The van der Waals surface area contributed by atoms with Crippen LogP contribution in [0.1, 0.15) is 6.92 Å². The van der Waals surface area contributed by atoms with Crippen molar-refractivity contribution in [3.05, 3.63) is 0 Å². The Morgan fingerprint density at radius 1 is 1.54 bits per heavy atom. The van der Waals surface area contributed by atoms with E-state index in [9.17, 15) is 4.79 Å². The van der Waals surface area contributed by atoms with Gasteiger partial charge in [-0.25, -0.2) is 4.79 Å². The van der Waals surface area contributed by atoms with Crippen molar-refractivity contribution in [2.45, 2.75) is 6.92 Å². The second-order valence-corrected chi connectivity index (χ2v) is 3.55. The lowest BCUT2D eigenvalue weighted by atomic mass is 10.2. The molecule has 0 bridgehead atoms. The first-order chi connectivity index (χ1) is 6.33. The van der Waals surface area contributed by atoms with Gasteiger partial charge in [-0.2, -0.15) is 0 Å². The highest BCUT2D eigenvalue weighted by atomic mass is 16.5. The van der Waals surface area contributed by atoms with Gasteiger partial charge in [-0.05, 0) is 0 Å². The molecule has 1 N–H and O–H groups in total. The van der Waals surface area contributed by atoms with Crippen molar-refractivity contribution < 1.29 is 9.53 Å². The summed E-state index contributed by atoms with van der Waals surface area (Å²) in [6.45, 7) is 9.33. The Morgan fingerprint density at radius 3 is 2.85 bits per heavy atom. The van der Waals surface area contributed by atoms with Crippen LogP contribution < -0.4 is 5.32 Å². The Bertz CT molecular complexity index is 147. The number of piperazine rings is 1. The highest BCUT2D eigenvalue weighted by molar-refractivity contribution is 5.38. The molecule has 1 aliphatic rings. The monoisotopic (exact) mass is 185 g/mol. The van der Waals surface area contributed by atoms with E-state index in [1.165, 1.54) is 6.47 Å². The van der Waals surface area contributed by atoms with Crippen LogP contribution in [-0.2, 0) is 9.53 Å². The van der Waals surface area contributed by atoms with Crippen LogP contribution in [0.3, 0.4) is 0 Å². The fraction of sp³-hybridized carbons (Fsp3) is 0.889. The number of nitrogens with zero attached hydrogens (tertiary/aromatic N) is 1. The maximum atomic E-state index is 9.83. The lowest BCUT2D eigenvalue weighted by Gasteiger charge is -2.29. The molecule has 1 rings (SSSR count). The number of hydrogen-bond acceptors (Lipinski definition) is 4. The SMILES string of the molecule is CC(CO[C]=O)CN1CCNCC1. The topological polar surface area (TPSA) is 41.6 Å². The zero-order valence-electron chi connectivity index (χ0n) is 8.08. The van der Waals surface area contributed by atoms with Gasteiger partial charge < -0.3 is 15.0 Å². The molecule has 4 nitrogen and oxygen atoms in total. The van der Waals surface area contributed by atoms with Gasteiger partial charge in [0.05, 0.1) is 6.61 Å². The Hall–Kier alpha value is -0.610. The quantitative estimate of drug-likeness (QED) is 0.633. The first-order valence-electron chi connectivity index (χ1n) is 4.75. The number of hydrogen-bond donors (Lipinski definition) is 1. The van der Waals surface area contributed by atoms with Gasteiger partial charge >= 0.3 is 6.47 Å². The van der Waals surface area contributed by atoms with E-state index in [0.717, 1.165) is 32.7 Å². The molecule has 1 aliphatic heterocycles. The van der Waals surface area contributed by atoms with Gasteiger partial charge in [-0.15, -0.1) is 0 Å². The van der Waals surface area contributed by atoms with E-state index in [2.05, 4.69) is 21.9 Å². The standard InChI is InChI=1S/C9H17N2O2/c1-9(7-13-8-12)6-11-4-2-10-3-5-11/h9-10H,2-7H2,1H3. The van der Waals surface area contributed by atoms with E-state index in [-0.39, 0.29) is 0 Å². The molecule has 0 saturated carbocycles. The number of rotatable bonds is 5. The maximum absolute atomic E-state index is 9.83. The molecule has 1 unspecified atom stereocenters. The average Bonchev–Trinajstić information content (AvgIpc) is 2.16. The molecule has 0 aromatic heterocycles. The summed E-state index contributed by atoms with van der Waals surface area (Å²) in [4.78, 5) is 12.2. The smallest absolute Gasteiger partial charge is 0.417 e. The molecule has 1 radical (unpaired) electrons. The third-order valence-electron chi connectivity index (χ3n) is 2.21. The fourth-order valence-corrected chi connectivity index (χ4v) is 1.56. The minimum atomic E-state index is 0.402. The van der Waals surface area contributed by atoms with Crippen molar-refractivity contribution in [1.82, 2.24) is 10.2 Å². The first kappa shape index (κ1) is 10.5. The zero-order chi connectivity index (χ0) is 9.52. The lowest BCUT2D eigenvalue weighted by Crippen LogP contribution is -2.45. The van der Waals surface area contributed by atoms with Crippen molar-refractivity contribution in [1.29, 1.82) is 0 Å². The summed E-state index contributed by atoms with van der Waals surface area (Å²) < 4.78 is 4.59. The summed E-state index contributed by atoms with van der Waals surface area (Å²) in [5.41, 5.74) is 0. The number of carbonyl (C=O) groups excluding carboxylic acids is 1. The van der Waals surface area contributed by atoms with Crippen LogP contribution in [0.2, 0.25) is 0 Å². The second kappa shape index (κ2) is 5.94. The van der Waals surface area contributed by atoms with Gasteiger partial charge in [-0.3, -0.25) is 0 Å². The molecule has 1 atom stereocenters. The minimum absolute atomic E-state index is 0.402. The third kappa shape index (κ3) is 4.24. The molecule has 0 spiro atoms. The summed E-state index contributed by atoms with van der Waals surface area (Å²) >= 11 is 0. The normalized spacial score (nSPS) is 21.0. The zero-order valence-corrected chi connectivity index (χ0v) is 8.08. The highest BCUT2D eigenvalue weighted by Crippen LogP contribution is 2.01. The van der Waals surface area contributed by atoms with Crippen LogP contribution in [-0.4, -0.2) is 50.7 Å². The van der Waals surface area contributed by atoms with Crippen LogP contribution in [0.15, 0.2) is 0 Å². The molecule has 4 heteroatoms. The largest absolute Gasteiger partial charge is 0.457 e. The van der Waals surface area contributed by atoms with Gasteiger partial charge in [0.25, 0.3) is 0 Å². The van der Waals surface area contributed by atoms with E-state index >= 15 is 0 Å². The van der Waals surface area contributed by atoms with Crippen LogP contribution in [0, 0.1) is 5.92 Å². The summed E-state index contributed by atoms with van der Waals surface area (Å²) in [5, 5.41) is 3.30. The lowest BCUT2D eigenvalue weighted by molar-refractivity contribution is 0.162. The Balaban J connectivity index is 2.10. The summed E-state index contributed by atoms with van der Waals surface area (Å²) in [6, 6.07) is 0. The second-order valence-electron chi connectivity index (χ2n) is 3.55. The molecule has 1 fully saturated rings. The molecule has 75 valence electrons. The van der Waals surface area contributed by atoms with E-state index in [4.69, 9.17) is 0 Å². The first-order valence-corrected chi connectivity index (χ1v) is 4.75. The van der Waals surface area contributed by atoms with Crippen LogP contribution in [0.25, 0.3) is 0 Å². The van der Waals surface area contributed by atoms with Crippen LogP contribution >= 0.6 is 0 Å². The van der Waals surface area contributed by atoms with Gasteiger partial charge in [-0.1, -0.05) is 6.92 Å². The van der Waals surface area contributed by atoms with Crippen LogP contribution in [0.4, 0.5) is 0 Å². The maximum Gasteiger partial charge on any atom is 0.417 e. The molecule has 0 aromatic carbocycles. The van der Waals surface area contributed by atoms with Gasteiger partial charge in [0, 0.05) is 38.6 Å².